The first-order valence-electron chi connectivity index (χ1n) is 5.54. The second-order valence-electron chi connectivity index (χ2n) is 4.70. The zero-order valence-corrected chi connectivity index (χ0v) is 9.82. The Hall–Kier alpha value is -1.42. The molecule has 2 N–H and O–H groups in total. The van der Waals surface area contributed by atoms with E-state index >= 15 is 0 Å². The van der Waals surface area contributed by atoms with E-state index in [1.165, 1.54) is 0 Å². The zero-order chi connectivity index (χ0) is 11.8. The molecule has 0 radical (unpaired) electrons. The van der Waals surface area contributed by atoms with Crippen molar-refractivity contribution in [1.29, 1.82) is 0 Å². The Labute approximate surface area is 95.5 Å². The van der Waals surface area contributed by atoms with Crippen molar-refractivity contribution >= 4 is 5.91 Å². The second kappa shape index (κ2) is 3.87. The second-order valence-corrected chi connectivity index (χ2v) is 4.70. The van der Waals surface area contributed by atoms with Crippen molar-refractivity contribution in [3.05, 3.63) is 30.1 Å². The predicted molar refractivity (Wildman–Crippen MR) is 61.5 cm³/mol. The maximum absolute atomic E-state index is 11.8. The number of pyridine rings is 1. The average Bonchev–Trinajstić information content (AvgIpc) is 2.57. The Morgan fingerprint density at radius 3 is 2.69 bits per heavy atom. The van der Waals surface area contributed by atoms with Gasteiger partial charge >= 0.3 is 0 Å². The average molecular weight is 219 g/mol. The Bertz CT molecular complexity index is 391. The van der Waals surface area contributed by atoms with Gasteiger partial charge < -0.3 is 5.32 Å². The summed E-state index contributed by atoms with van der Waals surface area (Å²) in [4.78, 5) is 16.1. The molecule has 0 aliphatic carbocycles. The molecular weight excluding hydrogens is 202 g/mol. The van der Waals surface area contributed by atoms with E-state index in [0.717, 1.165) is 5.69 Å². The van der Waals surface area contributed by atoms with E-state index in [1.807, 2.05) is 39.0 Å². The Morgan fingerprint density at radius 1 is 1.44 bits per heavy atom. The summed E-state index contributed by atoms with van der Waals surface area (Å²) >= 11 is 0. The molecule has 2 rings (SSSR count). The maximum atomic E-state index is 11.8. The number of hydrogen-bond donors (Lipinski definition) is 2. The molecule has 2 heterocycles. The molecule has 1 aliphatic heterocycles. The van der Waals surface area contributed by atoms with E-state index in [1.54, 1.807) is 6.20 Å². The van der Waals surface area contributed by atoms with Gasteiger partial charge in [0.25, 0.3) is 0 Å². The summed E-state index contributed by atoms with van der Waals surface area (Å²) in [5, 5.41) is 6.28. The highest BCUT2D eigenvalue weighted by molar-refractivity contribution is 5.85. The number of aromatic nitrogens is 1. The third kappa shape index (κ3) is 1.80. The number of amides is 1. The van der Waals surface area contributed by atoms with E-state index in [4.69, 9.17) is 0 Å². The molecule has 1 aromatic heterocycles. The van der Waals surface area contributed by atoms with E-state index in [0.29, 0.717) is 0 Å². The number of nitrogens with zero attached hydrogens (tertiary/aromatic N) is 1. The molecule has 2 atom stereocenters. The van der Waals surface area contributed by atoms with Gasteiger partial charge in [-0.3, -0.25) is 15.1 Å². The van der Waals surface area contributed by atoms with Gasteiger partial charge in [0, 0.05) is 6.20 Å². The molecule has 0 aromatic carbocycles. The van der Waals surface area contributed by atoms with Crippen LogP contribution < -0.4 is 10.6 Å². The molecule has 0 saturated carbocycles. The lowest BCUT2D eigenvalue weighted by molar-refractivity contribution is -0.121. The normalized spacial score (nSPS) is 29.5. The molecule has 4 nitrogen and oxygen atoms in total. The molecule has 4 heteroatoms. The first kappa shape index (κ1) is 11.1. The third-order valence-electron chi connectivity index (χ3n) is 2.94. The predicted octanol–water partition coefficient (Wildman–Crippen LogP) is 0.998. The number of nitrogens with one attached hydrogen (secondary N) is 2. The van der Waals surface area contributed by atoms with Crippen LogP contribution in [0.15, 0.2) is 24.4 Å². The Morgan fingerprint density at radius 2 is 2.19 bits per heavy atom. The number of carbonyl (C=O) groups is 1. The summed E-state index contributed by atoms with van der Waals surface area (Å²) < 4.78 is 0. The van der Waals surface area contributed by atoms with Crippen LogP contribution >= 0.6 is 0 Å². The Balaban J connectivity index is 2.27. The number of hydrogen-bond acceptors (Lipinski definition) is 3. The van der Waals surface area contributed by atoms with Gasteiger partial charge in [-0.2, -0.15) is 0 Å². The third-order valence-corrected chi connectivity index (χ3v) is 2.94. The maximum Gasteiger partial charge on any atom is 0.239 e. The van der Waals surface area contributed by atoms with Crippen LogP contribution in [-0.2, 0) is 10.5 Å². The van der Waals surface area contributed by atoms with Crippen molar-refractivity contribution in [2.75, 3.05) is 0 Å². The smallest absolute Gasteiger partial charge is 0.239 e. The van der Waals surface area contributed by atoms with Crippen LogP contribution in [0.3, 0.4) is 0 Å². The van der Waals surface area contributed by atoms with Gasteiger partial charge in [-0.05, 0) is 25.0 Å². The fourth-order valence-electron chi connectivity index (χ4n) is 2.00. The van der Waals surface area contributed by atoms with E-state index < -0.39 is 5.66 Å². The lowest BCUT2D eigenvalue weighted by Crippen LogP contribution is -2.45. The summed E-state index contributed by atoms with van der Waals surface area (Å²) in [6, 6.07) is 5.55. The molecular formula is C12H17N3O. The highest BCUT2D eigenvalue weighted by atomic mass is 16.2. The van der Waals surface area contributed by atoms with Gasteiger partial charge in [0.05, 0.1) is 11.7 Å². The van der Waals surface area contributed by atoms with E-state index in [9.17, 15) is 4.79 Å². The van der Waals surface area contributed by atoms with Crippen LogP contribution in [0.5, 0.6) is 0 Å². The lowest BCUT2D eigenvalue weighted by Gasteiger charge is -2.24. The summed E-state index contributed by atoms with van der Waals surface area (Å²) in [5.74, 6) is 0.314. The van der Waals surface area contributed by atoms with E-state index in [-0.39, 0.29) is 17.9 Å². The van der Waals surface area contributed by atoms with Crippen molar-refractivity contribution in [2.24, 2.45) is 5.92 Å². The van der Waals surface area contributed by atoms with Crippen LogP contribution in [0.25, 0.3) is 0 Å². The van der Waals surface area contributed by atoms with Crippen molar-refractivity contribution in [3.63, 3.8) is 0 Å². The molecule has 0 bridgehead atoms. The van der Waals surface area contributed by atoms with E-state index in [2.05, 4.69) is 15.6 Å². The van der Waals surface area contributed by atoms with Crippen LogP contribution in [0.2, 0.25) is 0 Å². The molecule has 1 aromatic rings. The summed E-state index contributed by atoms with van der Waals surface area (Å²) in [5.41, 5.74) is 0.291. The van der Waals surface area contributed by atoms with Gasteiger partial charge in [-0.25, -0.2) is 0 Å². The van der Waals surface area contributed by atoms with Gasteiger partial charge in [-0.15, -0.1) is 0 Å². The number of rotatable bonds is 2. The highest BCUT2D eigenvalue weighted by Crippen LogP contribution is 2.23. The molecule has 0 spiro atoms. The molecule has 1 amide bonds. The fraction of sp³-hybridized carbons (Fsp3) is 0.500. The zero-order valence-electron chi connectivity index (χ0n) is 9.82. The minimum absolute atomic E-state index is 0.0446. The topological polar surface area (TPSA) is 54.0 Å². The standard InChI is InChI=1S/C12H17N3O/c1-8(2)10-11(16)15-12(3,14-10)9-6-4-5-7-13-9/h4-8,10,14H,1-3H3,(H,15,16)/t10-,12+/m0/s1. The molecule has 1 saturated heterocycles. The molecule has 86 valence electrons. The Kier molecular flexibility index (Phi) is 2.68. The van der Waals surface area contributed by atoms with Gasteiger partial charge in [-0.1, -0.05) is 19.9 Å². The molecule has 1 aliphatic rings. The minimum Gasteiger partial charge on any atom is -0.332 e. The van der Waals surface area contributed by atoms with Crippen LogP contribution in [0.1, 0.15) is 26.5 Å². The molecule has 16 heavy (non-hydrogen) atoms. The first-order chi connectivity index (χ1) is 7.53. The summed E-state index contributed by atoms with van der Waals surface area (Å²) in [6.07, 6.45) is 1.73. The summed E-state index contributed by atoms with van der Waals surface area (Å²) in [7, 11) is 0. The van der Waals surface area contributed by atoms with Crippen molar-refractivity contribution in [2.45, 2.75) is 32.5 Å². The summed E-state index contributed by atoms with van der Waals surface area (Å²) in [6.45, 7) is 6.00. The number of carbonyl (C=O) groups excluding carboxylic acids is 1. The van der Waals surface area contributed by atoms with Crippen LogP contribution in [0, 0.1) is 5.92 Å². The fourth-order valence-corrected chi connectivity index (χ4v) is 2.00. The van der Waals surface area contributed by atoms with Gasteiger partial charge in [0.2, 0.25) is 5.91 Å². The molecule has 1 fully saturated rings. The van der Waals surface area contributed by atoms with Gasteiger partial charge in [0.1, 0.15) is 5.66 Å². The SMILES string of the molecule is CC(C)[C@@H]1N[C@@](C)(c2ccccn2)NC1=O. The molecule has 0 unspecified atom stereocenters. The first-order valence-corrected chi connectivity index (χ1v) is 5.54. The quantitative estimate of drug-likeness (QED) is 0.780. The monoisotopic (exact) mass is 219 g/mol. The van der Waals surface area contributed by atoms with Crippen molar-refractivity contribution in [3.8, 4) is 0 Å². The highest BCUT2D eigenvalue weighted by Gasteiger charge is 2.43. The lowest BCUT2D eigenvalue weighted by atomic mass is 10.0. The van der Waals surface area contributed by atoms with Crippen molar-refractivity contribution in [1.82, 2.24) is 15.6 Å². The largest absolute Gasteiger partial charge is 0.332 e. The van der Waals surface area contributed by atoms with Crippen molar-refractivity contribution < 1.29 is 4.79 Å². The minimum atomic E-state index is -0.548. The van der Waals surface area contributed by atoms with Crippen LogP contribution in [0.4, 0.5) is 0 Å². The van der Waals surface area contributed by atoms with Gasteiger partial charge in [0.15, 0.2) is 0 Å². The van der Waals surface area contributed by atoms with Crippen LogP contribution in [-0.4, -0.2) is 16.9 Å².